The number of alkyl halides is 1. The number of hydrogen-bond donors (Lipinski definition) is 1. The third-order valence-electron chi connectivity index (χ3n) is 7.52. The Morgan fingerprint density at radius 3 is 2.63 bits per heavy atom. The van der Waals surface area contributed by atoms with Crippen LogP contribution in [0.2, 0.25) is 0 Å². The number of carbonyl (C=O) groups excluding carboxylic acids is 3. The Bertz CT molecular complexity index is 1830. The Kier molecular flexibility index (Phi) is 6.78. The van der Waals surface area contributed by atoms with Crippen LogP contribution in [0.1, 0.15) is 29.4 Å². The van der Waals surface area contributed by atoms with E-state index in [0.717, 1.165) is 27.7 Å². The van der Waals surface area contributed by atoms with Gasteiger partial charge in [0.05, 0.1) is 12.1 Å². The van der Waals surface area contributed by atoms with E-state index in [1.165, 1.54) is 11.8 Å². The Morgan fingerprint density at radius 2 is 1.83 bits per heavy atom. The summed E-state index contributed by atoms with van der Waals surface area (Å²) < 4.78 is 16.2. The lowest BCUT2D eigenvalue weighted by Gasteiger charge is -2.24. The second-order valence-electron chi connectivity index (χ2n) is 10.4. The van der Waals surface area contributed by atoms with Gasteiger partial charge in [-0.05, 0) is 61.4 Å². The molecule has 0 bridgehead atoms. The van der Waals surface area contributed by atoms with Gasteiger partial charge in [0.1, 0.15) is 24.6 Å². The molecule has 9 heteroatoms. The first-order valence-corrected chi connectivity index (χ1v) is 13.4. The molecular weight excluding hydrogens is 521 g/mol. The van der Waals surface area contributed by atoms with Crippen molar-refractivity contribution in [2.75, 3.05) is 11.9 Å². The summed E-state index contributed by atoms with van der Waals surface area (Å²) >= 11 is 0. The predicted molar refractivity (Wildman–Crippen MR) is 155 cm³/mol. The quantitative estimate of drug-likeness (QED) is 0.289. The molecule has 6 rings (SSSR count). The van der Waals surface area contributed by atoms with Gasteiger partial charge in [0.2, 0.25) is 11.8 Å². The zero-order valence-electron chi connectivity index (χ0n) is 22.7. The van der Waals surface area contributed by atoms with Gasteiger partial charge < -0.3 is 14.8 Å². The van der Waals surface area contributed by atoms with Crippen molar-refractivity contribution in [2.24, 2.45) is 0 Å². The number of ketones is 1. The van der Waals surface area contributed by atoms with Crippen LogP contribution < -0.4 is 5.32 Å². The Hall–Kier alpha value is -4.92. The van der Waals surface area contributed by atoms with Crippen LogP contribution in [0.3, 0.4) is 0 Å². The van der Waals surface area contributed by atoms with Gasteiger partial charge in [-0.1, -0.05) is 30.3 Å². The fourth-order valence-corrected chi connectivity index (χ4v) is 5.50. The lowest BCUT2D eigenvalue weighted by molar-refractivity contribution is -0.137. The van der Waals surface area contributed by atoms with Crippen LogP contribution in [0.5, 0.6) is 0 Å². The molecule has 2 atom stereocenters. The van der Waals surface area contributed by atoms with Gasteiger partial charge in [0.15, 0.2) is 5.78 Å². The molecule has 0 saturated carbocycles. The Morgan fingerprint density at radius 1 is 1.02 bits per heavy atom. The van der Waals surface area contributed by atoms with E-state index in [1.807, 2.05) is 48.5 Å². The molecule has 1 N–H and O–H groups in total. The van der Waals surface area contributed by atoms with Crippen LogP contribution in [0.15, 0.2) is 79.1 Å². The summed E-state index contributed by atoms with van der Waals surface area (Å²) in [6.45, 7) is 2.98. The largest absolute Gasteiger partial charge is 0.337 e. The van der Waals surface area contributed by atoms with Crippen molar-refractivity contribution < 1.29 is 18.8 Å². The fourth-order valence-electron chi connectivity index (χ4n) is 5.50. The number of Topliss-reactive ketones (excluding diaryl/α,β-unsaturated/α-hetero) is 1. The molecule has 4 heterocycles. The molecule has 5 aromatic rings. The highest BCUT2D eigenvalue weighted by molar-refractivity contribution is 6.08. The minimum Gasteiger partial charge on any atom is -0.337 e. The summed E-state index contributed by atoms with van der Waals surface area (Å²) in [5.41, 5.74) is 4.66. The third kappa shape index (κ3) is 5.18. The summed E-state index contributed by atoms with van der Waals surface area (Å²) in [5, 5.41) is 4.46. The number of pyridine rings is 2. The second kappa shape index (κ2) is 10.6. The van der Waals surface area contributed by atoms with Gasteiger partial charge >= 0.3 is 0 Å². The smallest absolute Gasteiger partial charge is 0.248 e. The molecule has 206 valence electrons. The number of nitrogens with one attached hydrogen (secondary N) is 1. The number of halogens is 1. The van der Waals surface area contributed by atoms with E-state index >= 15 is 0 Å². The number of carbonyl (C=O) groups is 3. The van der Waals surface area contributed by atoms with E-state index in [9.17, 15) is 18.8 Å². The second-order valence-corrected chi connectivity index (χ2v) is 10.4. The highest BCUT2D eigenvalue weighted by Gasteiger charge is 2.40. The van der Waals surface area contributed by atoms with Crippen molar-refractivity contribution in [2.45, 2.75) is 39.0 Å². The SMILES string of the molecule is CC(=O)c1cn(CC(=O)N2C[C@H](F)C[C@H]2C(=O)Nc2cccc(C)n2)c2ccc(-c3ccc4cccnc4c3)cc12. The number of aryl methyl sites for hydroxylation is 1. The van der Waals surface area contributed by atoms with Crippen LogP contribution in [-0.2, 0) is 16.1 Å². The Balaban J connectivity index is 1.28. The molecule has 1 aliphatic rings. The molecular formula is C32H28FN5O3. The molecule has 2 amide bonds. The van der Waals surface area contributed by atoms with E-state index in [2.05, 4.69) is 15.3 Å². The van der Waals surface area contributed by atoms with Crippen molar-refractivity contribution in [3.63, 3.8) is 0 Å². The van der Waals surface area contributed by atoms with Crippen molar-refractivity contribution >= 4 is 45.2 Å². The molecule has 1 saturated heterocycles. The van der Waals surface area contributed by atoms with Gasteiger partial charge in [0.25, 0.3) is 0 Å². The topological polar surface area (TPSA) is 97.2 Å². The molecule has 0 spiro atoms. The lowest BCUT2D eigenvalue weighted by atomic mass is 10.0. The average molecular weight is 550 g/mol. The van der Waals surface area contributed by atoms with Crippen molar-refractivity contribution in [1.29, 1.82) is 0 Å². The minimum atomic E-state index is -1.31. The summed E-state index contributed by atoms with van der Waals surface area (Å²) in [5.74, 6) is -0.663. The number of likely N-dealkylation sites (tertiary alicyclic amines) is 1. The molecule has 0 unspecified atom stereocenters. The normalized spacial score (nSPS) is 16.8. The summed E-state index contributed by atoms with van der Waals surface area (Å²) in [6.07, 6.45) is 2.01. The summed E-state index contributed by atoms with van der Waals surface area (Å²) in [6, 6.07) is 19.9. The number of aromatic nitrogens is 3. The fraction of sp³-hybridized carbons (Fsp3) is 0.219. The highest BCUT2D eigenvalue weighted by Crippen LogP contribution is 2.31. The number of anilines is 1. The number of hydrogen-bond acceptors (Lipinski definition) is 5. The minimum absolute atomic E-state index is 0.0848. The molecule has 0 radical (unpaired) electrons. The van der Waals surface area contributed by atoms with Crippen LogP contribution >= 0.6 is 0 Å². The van der Waals surface area contributed by atoms with Crippen LogP contribution in [0, 0.1) is 6.92 Å². The van der Waals surface area contributed by atoms with Crippen molar-refractivity contribution in [3.8, 4) is 11.1 Å². The molecule has 3 aromatic heterocycles. The van der Waals surface area contributed by atoms with Gasteiger partial charge in [0, 0.05) is 46.4 Å². The molecule has 0 aliphatic carbocycles. The third-order valence-corrected chi connectivity index (χ3v) is 7.52. The molecule has 1 aliphatic heterocycles. The van der Waals surface area contributed by atoms with Gasteiger partial charge in [-0.2, -0.15) is 0 Å². The first-order chi connectivity index (χ1) is 19.8. The molecule has 1 fully saturated rings. The molecule has 41 heavy (non-hydrogen) atoms. The number of nitrogens with zero attached hydrogens (tertiary/aromatic N) is 4. The van der Waals surface area contributed by atoms with E-state index in [0.29, 0.717) is 22.3 Å². The van der Waals surface area contributed by atoms with Crippen molar-refractivity contribution in [1.82, 2.24) is 19.4 Å². The number of rotatable bonds is 6. The van der Waals surface area contributed by atoms with Crippen LogP contribution in [-0.4, -0.2) is 55.8 Å². The van der Waals surface area contributed by atoms with Crippen LogP contribution in [0.25, 0.3) is 32.9 Å². The van der Waals surface area contributed by atoms with E-state index in [4.69, 9.17) is 0 Å². The maximum atomic E-state index is 14.5. The number of amides is 2. The van der Waals surface area contributed by atoms with E-state index in [1.54, 1.807) is 42.1 Å². The summed E-state index contributed by atoms with van der Waals surface area (Å²) in [7, 11) is 0. The van der Waals surface area contributed by atoms with Gasteiger partial charge in [-0.3, -0.25) is 19.4 Å². The number of fused-ring (bicyclic) bond motifs is 2. The van der Waals surface area contributed by atoms with Crippen molar-refractivity contribution in [3.05, 3.63) is 90.4 Å². The van der Waals surface area contributed by atoms with Gasteiger partial charge in [-0.25, -0.2) is 9.37 Å². The first-order valence-electron chi connectivity index (χ1n) is 13.4. The summed E-state index contributed by atoms with van der Waals surface area (Å²) in [4.78, 5) is 49.1. The molecule has 2 aromatic carbocycles. The zero-order chi connectivity index (χ0) is 28.7. The number of benzene rings is 2. The van der Waals surface area contributed by atoms with Gasteiger partial charge in [-0.15, -0.1) is 0 Å². The standard InChI is InChI=1S/C32H28FN5O3/c1-19-5-3-7-30(35-19)36-32(41)29-15-24(33)16-38(29)31(40)18-37-17-26(20(2)39)25-13-22(10-11-28(25)37)23-9-8-21-6-4-12-34-27(21)14-23/h3-14,17,24,29H,15-16,18H2,1-2H3,(H,35,36,41)/t24-,29+/m1/s1. The van der Waals surface area contributed by atoms with Crippen LogP contribution in [0.4, 0.5) is 10.2 Å². The maximum absolute atomic E-state index is 14.5. The van der Waals surface area contributed by atoms with E-state index < -0.39 is 24.0 Å². The monoisotopic (exact) mass is 549 g/mol. The van der Waals surface area contributed by atoms with E-state index in [-0.39, 0.29) is 25.3 Å². The zero-order valence-corrected chi connectivity index (χ0v) is 22.7. The maximum Gasteiger partial charge on any atom is 0.248 e. The average Bonchev–Trinajstić information content (AvgIpc) is 3.53. The highest BCUT2D eigenvalue weighted by atomic mass is 19.1. The first kappa shape index (κ1) is 26.3. The molecule has 8 nitrogen and oxygen atoms in total. The lowest BCUT2D eigenvalue weighted by Crippen LogP contribution is -2.44. The predicted octanol–water partition coefficient (Wildman–Crippen LogP) is 5.34. The Labute approximate surface area is 235 Å².